The molecule has 0 rings (SSSR count). The van der Waals surface area contributed by atoms with Gasteiger partial charge in [0.1, 0.15) is 9.84 Å². The zero-order valence-corrected chi connectivity index (χ0v) is 13.9. The highest BCUT2D eigenvalue weighted by atomic mass is 32.2. The number of hydrogen-bond acceptors (Lipinski definition) is 5. The van der Waals surface area contributed by atoms with Crippen molar-refractivity contribution in [3.63, 3.8) is 0 Å². The van der Waals surface area contributed by atoms with E-state index in [-0.39, 0.29) is 11.7 Å². The van der Waals surface area contributed by atoms with Gasteiger partial charge in [-0.05, 0) is 46.3 Å². The van der Waals surface area contributed by atoms with E-state index in [1.165, 1.54) is 6.26 Å². The molecule has 1 atom stereocenters. The Balaban J connectivity index is 3.97. The van der Waals surface area contributed by atoms with E-state index in [4.69, 9.17) is 5.73 Å². The van der Waals surface area contributed by atoms with Crippen molar-refractivity contribution in [2.24, 2.45) is 5.73 Å². The molecule has 1 amide bonds. The molecule has 0 aliphatic carbocycles. The molecule has 120 valence electrons. The Kier molecular flexibility index (Phi) is 8.30. The van der Waals surface area contributed by atoms with Gasteiger partial charge in [0.05, 0.1) is 11.3 Å². The summed E-state index contributed by atoms with van der Waals surface area (Å²) in [5.74, 6) is -0.148. The molecule has 0 aromatic carbocycles. The van der Waals surface area contributed by atoms with Crippen LogP contribution in [0.1, 0.15) is 33.1 Å². The minimum absolute atomic E-state index is 0.180. The van der Waals surface area contributed by atoms with E-state index in [1.54, 1.807) is 0 Å². The molecule has 0 aliphatic heterocycles. The molecular formula is C13H29N3O3S. The van der Waals surface area contributed by atoms with Crippen LogP contribution in [0.15, 0.2) is 0 Å². The summed E-state index contributed by atoms with van der Waals surface area (Å²) in [6.07, 6.45) is 3.72. The van der Waals surface area contributed by atoms with Crippen LogP contribution in [0.3, 0.4) is 0 Å². The Morgan fingerprint density at radius 2 is 1.90 bits per heavy atom. The molecular weight excluding hydrogens is 278 g/mol. The number of sulfone groups is 1. The lowest BCUT2D eigenvalue weighted by Gasteiger charge is -2.27. The van der Waals surface area contributed by atoms with Crippen molar-refractivity contribution in [1.82, 2.24) is 10.2 Å². The first kappa shape index (κ1) is 19.3. The summed E-state index contributed by atoms with van der Waals surface area (Å²) < 4.78 is 22.1. The van der Waals surface area contributed by atoms with Gasteiger partial charge in [-0.3, -0.25) is 4.79 Å². The molecule has 0 fully saturated rings. The second-order valence-corrected chi connectivity index (χ2v) is 7.88. The molecule has 6 nitrogen and oxygen atoms in total. The lowest BCUT2D eigenvalue weighted by atomic mass is 9.94. The van der Waals surface area contributed by atoms with Crippen molar-refractivity contribution in [3.8, 4) is 0 Å². The van der Waals surface area contributed by atoms with Crippen LogP contribution in [0, 0.1) is 0 Å². The maximum Gasteiger partial charge on any atom is 0.237 e. The summed E-state index contributed by atoms with van der Waals surface area (Å²) in [6.45, 7) is 5.83. The van der Waals surface area contributed by atoms with Gasteiger partial charge < -0.3 is 16.0 Å². The second kappa shape index (κ2) is 8.59. The molecule has 0 heterocycles. The molecule has 0 saturated heterocycles. The molecule has 0 aromatic heterocycles. The summed E-state index contributed by atoms with van der Waals surface area (Å²) in [5, 5.41) is 3.12. The number of unbranched alkanes of at least 4 members (excludes halogenated alkanes) is 1. The predicted octanol–water partition coefficient (Wildman–Crippen LogP) is -0.0134. The number of primary amides is 1. The largest absolute Gasteiger partial charge is 0.368 e. The third-order valence-electron chi connectivity index (χ3n) is 3.42. The summed E-state index contributed by atoms with van der Waals surface area (Å²) in [5.41, 5.74) is 4.76. The Hall–Kier alpha value is -0.660. The highest BCUT2D eigenvalue weighted by Crippen LogP contribution is 2.13. The predicted molar refractivity (Wildman–Crippen MR) is 82.3 cm³/mol. The van der Waals surface area contributed by atoms with E-state index >= 15 is 0 Å². The first-order valence-corrected chi connectivity index (χ1v) is 9.08. The summed E-state index contributed by atoms with van der Waals surface area (Å²) in [6, 6.07) is 0. The van der Waals surface area contributed by atoms with Crippen molar-refractivity contribution in [1.29, 1.82) is 0 Å². The van der Waals surface area contributed by atoms with Gasteiger partial charge in [-0.15, -0.1) is 0 Å². The Morgan fingerprint density at radius 1 is 1.30 bits per heavy atom. The van der Waals surface area contributed by atoms with Gasteiger partial charge >= 0.3 is 0 Å². The van der Waals surface area contributed by atoms with E-state index in [9.17, 15) is 13.2 Å². The molecule has 7 heteroatoms. The number of nitrogens with zero attached hydrogens (tertiary/aromatic N) is 1. The van der Waals surface area contributed by atoms with Crippen LogP contribution in [-0.4, -0.2) is 63.5 Å². The monoisotopic (exact) mass is 307 g/mol. The molecule has 1 unspecified atom stereocenters. The van der Waals surface area contributed by atoms with E-state index in [0.29, 0.717) is 19.5 Å². The maximum absolute atomic E-state index is 11.4. The molecule has 0 aliphatic rings. The van der Waals surface area contributed by atoms with Crippen LogP contribution >= 0.6 is 0 Å². The van der Waals surface area contributed by atoms with Gasteiger partial charge in [-0.25, -0.2) is 8.42 Å². The summed E-state index contributed by atoms with van der Waals surface area (Å²) in [7, 11) is -0.999. The van der Waals surface area contributed by atoms with Crippen LogP contribution in [-0.2, 0) is 14.6 Å². The number of nitrogens with one attached hydrogen (secondary N) is 1. The number of carbonyl (C=O) groups is 1. The number of likely N-dealkylation sites (N-methyl/N-ethyl adjacent to an activating group) is 1. The lowest BCUT2D eigenvalue weighted by molar-refractivity contribution is -0.124. The van der Waals surface area contributed by atoms with Crippen molar-refractivity contribution in [2.45, 2.75) is 38.6 Å². The smallest absolute Gasteiger partial charge is 0.237 e. The molecule has 20 heavy (non-hydrogen) atoms. The van der Waals surface area contributed by atoms with Gasteiger partial charge in [0.2, 0.25) is 5.91 Å². The first-order valence-electron chi connectivity index (χ1n) is 7.02. The average molecular weight is 307 g/mol. The van der Waals surface area contributed by atoms with Crippen molar-refractivity contribution in [2.75, 3.05) is 38.7 Å². The third-order valence-corrected chi connectivity index (χ3v) is 4.35. The van der Waals surface area contributed by atoms with Gasteiger partial charge in [-0.2, -0.15) is 0 Å². The van der Waals surface area contributed by atoms with Crippen LogP contribution < -0.4 is 11.1 Å². The van der Waals surface area contributed by atoms with Gasteiger partial charge in [-0.1, -0.05) is 6.92 Å². The zero-order valence-electron chi connectivity index (χ0n) is 13.1. The Labute approximate surface area is 123 Å². The van der Waals surface area contributed by atoms with Crippen LogP contribution in [0.4, 0.5) is 0 Å². The normalized spacial score (nSPS) is 15.2. The van der Waals surface area contributed by atoms with Crippen LogP contribution in [0.25, 0.3) is 0 Å². The SMILES string of the molecule is CCNC(C)(CCCCN(C)CCS(C)(=O)=O)C(N)=O. The Morgan fingerprint density at radius 3 is 2.35 bits per heavy atom. The molecule has 0 aromatic rings. The quantitative estimate of drug-likeness (QED) is 0.524. The highest BCUT2D eigenvalue weighted by molar-refractivity contribution is 7.90. The first-order chi connectivity index (χ1) is 9.10. The van der Waals surface area contributed by atoms with Crippen LogP contribution in [0.5, 0.6) is 0 Å². The van der Waals surface area contributed by atoms with Gasteiger partial charge in [0.25, 0.3) is 0 Å². The highest BCUT2D eigenvalue weighted by Gasteiger charge is 2.28. The molecule has 0 spiro atoms. The summed E-state index contributed by atoms with van der Waals surface area (Å²) >= 11 is 0. The number of rotatable bonds is 11. The molecule has 0 bridgehead atoms. The molecule has 3 N–H and O–H groups in total. The standard InChI is InChI=1S/C13H29N3O3S/c1-5-15-13(2,12(14)17)8-6-7-9-16(3)10-11-20(4,18)19/h15H,5-11H2,1-4H3,(H2,14,17). The Bertz CT molecular complexity index is 398. The van der Waals surface area contributed by atoms with Crippen molar-refractivity contribution in [3.05, 3.63) is 0 Å². The topological polar surface area (TPSA) is 92.5 Å². The molecule has 0 radical (unpaired) electrons. The minimum atomic E-state index is -2.90. The zero-order chi connectivity index (χ0) is 15.8. The van der Waals surface area contributed by atoms with E-state index in [2.05, 4.69) is 5.32 Å². The lowest BCUT2D eigenvalue weighted by Crippen LogP contribution is -2.53. The molecule has 0 saturated carbocycles. The maximum atomic E-state index is 11.4. The summed E-state index contributed by atoms with van der Waals surface area (Å²) in [4.78, 5) is 13.4. The number of amides is 1. The van der Waals surface area contributed by atoms with Gasteiger partial charge in [0.15, 0.2) is 0 Å². The fraction of sp³-hybridized carbons (Fsp3) is 0.923. The van der Waals surface area contributed by atoms with E-state index in [1.807, 2.05) is 25.8 Å². The van der Waals surface area contributed by atoms with Crippen molar-refractivity contribution < 1.29 is 13.2 Å². The fourth-order valence-corrected chi connectivity index (χ4v) is 2.63. The third kappa shape index (κ3) is 8.50. The minimum Gasteiger partial charge on any atom is -0.368 e. The number of carbonyl (C=O) groups excluding carboxylic acids is 1. The van der Waals surface area contributed by atoms with Crippen LogP contribution in [0.2, 0.25) is 0 Å². The van der Waals surface area contributed by atoms with Crippen molar-refractivity contribution >= 4 is 15.7 Å². The number of nitrogens with two attached hydrogens (primary N) is 1. The average Bonchev–Trinajstić information content (AvgIpc) is 2.31. The van der Waals surface area contributed by atoms with E-state index < -0.39 is 15.4 Å². The fourth-order valence-electron chi connectivity index (χ4n) is 1.98. The number of hydrogen-bond donors (Lipinski definition) is 2. The second-order valence-electron chi connectivity index (χ2n) is 5.62. The van der Waals surface area contributed by atoms with Gasteiger partial charge in [0, 0.05) is 12.8 Å². The van der Waals surface area contributed by atoms with E-state index in [0.717, 1.165) is 19.4 Å².